The molecular formula is C14H13BrFN3OS. The van der Waals surface area contributed by atoms with Crippen molar-refractivity contribution in [2.45, 2.75) is 13.0 Å². The Morgan fingerprint density at radius 2 is 2.33 bits per heavy atom. The van der Waals surface area contributed by atoms with Crippen LogP contribution >= 0.6 is 27.3 Å². The third kappa shape index (κ3) is 3.14. The van der Waals surface area contributed by atoms with E-state index in [1.807, 2.05) is 0 Å². The normalized spacial score (nSPS) is 14.8. The number of aromatic nitrogens is 1. The van der Waals surface area contributed by atoms with Crippen LogP contribution in [0.4, 0.5) is 9.52 Å². The molecule has 0 saturated carbocycles. The molecule has 0 radical (unpaired) electrons. The van der Waals surface area contributed by atoms with Gasteiger partial charge >= 0.3 is 0 Å². The van der Waals surface area contributed by atoms with Crippen LogP contribution in [-0.2, 0) is 13.0 Å². The second-order valence-electron chi connectivity index (χ2n) is 4.95. The summed E-state index contributed by atoms with van der Waals surface area (Å²) in [6, 6.07) is 4.37. The first kappa shape index (κ1) is 14.6. The Hall–Kier alpha value is -1.31. The number of amides is 1. The Balaban J connectivity index is 1.79. The van der Waals surface area contributed by atoms with Gasteiger partial charge in [-0.3, -0.25) is 10.1 Å². The van der Waals surface area contributed by atoms with Crippen LogP contribution in [0.1, 0.15) is 20.9 Å². The maximum Gasteiger partial charge on any atom is 0.260 e. The highest BCUT2D eigenvalue weighted by molar-refractivity contribution is 9.10. The number of hydrogen-bond acceptors (Lipinski definition) is 4. The second-order valence-corrected chi connectivity index (χ2v) is 6.95. The van der Waals surface area contributed by atoms with Gasteiger partial charge in [0.25, 0.3) is 5.91 Å². The van der Waals surface area contributed by atoms with Crippen molar-refractivity contribution in [3.05, 3.63) is 44.6 Å². The van der Waals surface area contributed by atoms with Gasteiger partial charge in [0.1, 0.15) is 5.82 Å². The summed E-state index contributed by atoms with van der Waals surface area (Å²) in [6.07, 6.45) is 0.880. The molecule has 0 atom stereocenters. The molecule has 2 heterocycles. The lowest BCUT2D eigenvalue weighted by Crippen LogP contribution is -2.25. The third-order valence-corrected chi connectivity index (χ3v) is 4.81. The van der Waals surface area contributed by atoms with E-state index in [-0.39, 0.29) is 5.56 Å². The number of anilines is 1. The van der Waals surface area contributed by atoms with Gasteiger partial charge in [-0.1, -0.05) is 15.9 Å². The molecule has 4 nitrogen and oxygen atoms in total. The van der Waals surface area contributed by atoms with Crippen molar-refractivity contribution in [3.8, 4) is 0 Å². The number of carbonyl (C=O) groups is 1. The van der Waals surface area contributed by atoms with Crippen molar-refractivity contribution in [2.75, 3.05) is 18.9 Å². The first-order valence-corrected chi connectivity index (χ1v) is 8.07. The SMILES string of the molecule is CN1CCc2nc(NC(=O)c3ccc(Br)cc3F)sc2C1. The van der Waals surface area contributed by atoms with Crippen molar-refractivity contribution in [2.24, 2.45) is 0 Å². The molecule has 2 aromatic rings. The molecular weight excluding hydrogens is 357 g/mol. The van der Waals surface area contributed by atoms with E-state index >= 15 is 0 Å². The Kier molecular flexibility index (Phi) is 4.05. The summed E-state index contributed by atoms with van der Waals surface area (Å²) in [4.78, 5) is 19.9. The van der Waals surface area contributed by atoms with Crippen molar-refractivity contribution in [3.63, 3.8) is 0 Å². The number of nitrogens with one attached hydrogen (secondary N) is 1. The second kappa shape index (κ2) is 5.82. The van der Waals surface area contributed by atoms with Gasteiger partial charge in [-0.25, -0.2) is 9.37 Å². The predicted molar refractivity (Wildman–Crippen MR) is 84.2 cm³/mol. The number of carbonyl (C=O) groups excluding carboxylic acids is 1. The van der Waals surface area contributed by atoms with E-state index in [1.54, 1.807) is 6.07 Å². The number of hydrogen-bond donors (Lipinski definition) is 1. The van der Waals surface area contributed by atoms with E-state index in [4.69, 9.17) is 0 Å². The van der Waals surface area contributed by atoms with E-state index in [0.29, 0.717) is 9.60 Å². The molecule has 0 unspecified atom stereocenters. The predicted octanol–water partition coefficient (Wildman–Crippen LogP) is 3.28. The van der Waals surface area contributed by atoms with Gasteiger partial charge in [0.15, 0.2) is 5.13 Å². The number of rotatable bonds is 2. The maximum atomic E-state index is 13.8. The molecule has 0 bridgehead atoms. The highest BCUT2D eigenvalue weighted by Crippen LogP contribution is 2.28. The zero-order valence-corrected chi connectivity index (χ0v) is 13.7. The maximum absolute atomic E-state index is 13.8. The highest BCUT2D eigenvalue weighted by Gasteiger charge is 2.20. The number of benzene rings is 1. The largest absolute Gasteiger partial charge is 0.301 e. The van der Waals surface area contributed by atoms with Crippen LogP contribution in [0.15, 0.2) is 22.7 Å². The molecule has 0 aliphatic carbocycles. The van der Waals surface area contributed by atoms with Crippen LogP contribution in [0.3, 0.4) is 0 Å². The summed E-state index contributed by atoms with van der Waals surface area (Å²) in [6.45, 7) is 1.81. The van der Waals surface area contributed by atoms with E-state index in [0.717, 1.165) is 30.1 Å². The molecule has 1 aliphatic rings. The third-order valence-electron chi connectivity index (χ3n) is 3.32. The molecule has 1 aromatic heterocycles. The zero-order chi connectivity index (χ0) is 15.0. The monoisotopic (exact) mass is 369 g/mol. The molecule has 1 aromatic carbocycles. The van der Waals surface area contributed by atoms with E-state index in [2.05, 4.69) is 38.2 Å². The standard InChI is InChI=1S/C14H13BrFN3OS/c1-19-5-4-11-12(7-19)21-14(17-11)18-13(20)9-3-2-8(15)6-10(9)16/h2-3,6H,4-5,7H2,1H3,(H,17,18,20). The minimum atomic E-state index is -0.553. The first-order chi connectivity index (χ1) is 10.0. The number of halogens is 2. The van der Waals surface area contributed by atoms with Crippen LogP contribution in [-0.4, -0.2) is 29.4 Å². The summed E-state index contributed by atoms with van der Waals surface area (Å²) in [5.41, 5.74) is 1.05. The summed E-state index contributed by atoms with van der Waals surface area (Å²) < 4.78 is 14.4. The summed E-state index contributed by atoms with van der Waals surface area (Å²) in [5.74, 6) is -1.03. The molecule has 21 heavy (non-hydrogen) atoms. The highest BCUT2D eigenvalue weighted by atomic mass is 79.9. The lowest BCUT2D eigenvalue weighted by atomic mass is 10.2. The Bertz CT molecular complexity index is 704. The van der Waals surface area contributed by atoms with Crippen LogP contribution in [0.2, 0.25) is 0 Å². The zero-order valence-electron chi connectivity index (χ0n) is 11.3. The quantitative estimate of drug-likeness (QED) is 0.883. The number of likely N-dealkylation sites (N-methyl/N-ethyl adjacent to an activating group) is 1. The molecule has 0 saturated heterocycles. The van der Waals surface area contributed by atoms with Gasteiger partial charge in [-0.05, 0) is 25.2 Å². The van der Waals surface area contributed by atoms with Gasteiger partial charge in [0, 0.05) is 28.9 Å². The molecule has 0 fully saturated rings. The molecule has 3 rings (SSSR count). The van der Waals surface area contributed by atoms with Gasteiger partial charge in [0.2, 0.25) is 0 Å². The Morgan fingerprint density at radius 3 is 3.10 bits per heavy atom. The van der Waals surface area contributed by atoms with Crippen molar-refractivity contribution in [1.82, 2.24) is 9.88 Å². The molecule has 1 aliphatic heterocycles. The topological polar surface area (TPSA) is 45.2 Å². The van der Waals surface area contributed by atoms with Crippen LogP contribution < -0.4 is 5.32 Å². The lowest BCUT2D eigenvalue weighted by Gasteiger charge is -2.20. The first-order valence-electron chi connectivity index (χ1n) is 6.46. The fourth-order valence-electron chi connectivity index (χ4n) is 2.21. The summed E-state index contributed by atoms with van der Waals surface area (Å²) in [5, 5.41) is 3.22. The molecule has 0 spiro atoms. The summed E-state index contributed by atoms with van der Waals surface area (Å²) >= 11 is 4.62. The van der Waals surface area contributed by atoms with Crippen molar-refractivity contribution < 1.29 is 9.18 Å². The van der Waals surface area contributed by atoms with Crippen LogP contribution in [0.25, 0.3) is 0 Å². The van der Waals surface area contributed by atoms with Gasteiger partial charge in [0.05, 0.1) is 11.3 Å². The molecule has 110 valence electrons. The number of nitrogens with zero attached hydrogens (tertiary/aromatic N) is 2. The molecule has 1 amide bonds. The van der Waals surface area contributed by atoms with E-state index < -0.39 is 11.7 Å². The van der Waals surface area contributed by atoms with Crippen molar-refractivity contribution in [1.29, 1.82) is 0 Å². The minimum Gasteiger partial charge on any atom is -0.301 e. The van der Waals surface area contributed by atoms with E-state index in [1.165, 1.54) is 23.5 Å². The smallest absolute Gasteiger partial charge is 0.260 e. The van der Waals surface area contributed by atoms with E-state index in [9.17, 15) is 9.18 Å². The van der Waals surface area contributed by atoms with Crippen LogP contribution in [0.5, 0.6) is 0 Å². The van der Waals surface area contributed by atoms with Gasteiger partial charge < -0.3 is 4.90 Å². The van der Waals surface area contributed by atoms with Gasteiger partial charge in [-0.2, -0.15) is 0 Å². The number of thiazole rings is 1. The van der Waals surface area contributed by atoms with Crippen molar-refractivity contribution >= 4 is 38.3 Å². The average molecular weight is 370 g/mol. The molecule has 1 N–H and O–H groups in total. The average Bonchev–Trinajstić information content (AvgIpc) is 2.79. The fraction of sp³-hybridized carbons (Fsp3) is 0.286. The van der Waals surface area contributed by atoms with Crippen LogP contribution in [0, 0.1) is 5.82 Å². The lowest BCUT2D eigenvalue weighted by molar-refractivity contribution is 0.102. The Morgan fingerprint density at radius 1 is 1.52 bits per heavy atom. The summed E-state index contributed by atoms with van der Waals surface area (Å²) in [7, 11) is 2.05. The Labute approximate surface area is 134 Å². The molecule has 7 heteroatoms. The van der Waals surface area contributed by atoms with Gasteiger partial charge in [-0.15, -0.1) is 11.3 Å². The minimum absolute atomic E-state index is 0.0171. The fourth-order valence-corrected chi connectivity index (χ4v) is 3.63. The number of fused-ring (bicyclic) bond motifs is 1.